The Morgan fingerprint density at radius 2 is 2.07 bits per heavy atom. The number of phenolic OH excluding ortho intramolecular Hbond substituents is 1. The molecular formula is C10H13NO3S. The number of benzene rings is 1. The second-order valence-electron chi connectivity index (χ2n) is 3.85. The average Bonchev–Trinajstić information content (AvgIpc) is 2.92. The van der Waals surface area contributed by atoms with E-state index in [2.05, 4.69) is 4.72 Å². The van der Waals surface area contributed by atoms with E-state index >= 15 is 0 Å². The number of nitrogens with one attached hydrogen (secondary N) is 1. The molecule has 1 fully saturated rings. The number of hydrogen-bond acceptors (Lipinski definition) is 3. The first-order valence-electron chi connectivity index (χ1n) is 4.80. The number of phenols is 1. The normalized spacial score (nSPS) is 16.3. The van der Waals surface area contributed by atoms with Crippen LogP contribution < -0.4 is 4.72 Å². The second kappa shape index (κ2) is 3.41. The molecule has 0 bridgehead atoms. The van der Waals surface area contributed by atoms with Gasteiger partial charge in [-0.3, -0.25) is 4.72 Å². The first kappa shape index (κ1) is 10.3. The summed E-state index contributed by atoms with van der Waals surface area (Å²) in [6.45, 7) is 1.75. The number of aromatic hydroxyl groups is 1. The molecule has 2 N–H and O–H groups in total. The van der Waals surface area contributed by atoms with Gasteiger partial charge in [0.05, 0.1) is 10.9 Å². The standard InChI is InChI=1S/C10H13NO3S/c1-7-6-8(12)2-5-10(7)11-15(13,14)9-3-4-9/h2,5-6,9,11-12H,3-4H2,1H3. The quantitative estimate of drug-likeness (QED) is 0.771. The van der Waals surface area contributed by atoms with Crippen LogP contribution in [0.4, 0.5) is 5.69 Å². The minimum absolute atomic E-state index is 0.141. The Morgan fingerprint density at radius 1 is 1.40 bits per heavy atom. The fourth-order valence-electron chi connectivity index (χ4n) is 1.38. The third kappa shape index (κ3) is 2.23. The van der Waals surface area contributed by atoms with Gasteiger partial charge >= 0.3 is 0 Å². The van der Waals surface area contributed by atoms with Crippen molar-refractivity contribution in [3.63, 3.8) is 0 Å². The van der Waals surface area contributed by atoms with Crippen molar-refractivity contribution in [3.8, 4) is 5.75 Å². The van der Waals surface area contributed by atoms with Crippen LogP contribution in [-0.4, -0.2) is 18.8 Å². The Morgan fingerprint density at radius 3 is 2.60 bits per heavy atom. The zero-order valence-electron chi connectivity index (χ0n) is 8.40. The molecular weight excluding hydrogens is 214 g/mol. The Labute approximate surface area is 89.0 Å². The molecule has 82 valence electrons. The van der Waals surface area contributed by atoms with Crippen molar-refractivity contribution in [2.45, 2.75) is 25.0 Å². The highest BCUT2D eigenvalue weighted by atomic mass is 32.2. The average molecular weight is 227 g/mol. The molecule has 0 amide bonds. The largest absolute Gasteiger partial charge is 0.508 e. The molecule has 0 aliphatic heterocycles. The topological polar surface area (TPSA) is 66.4 Å². The molecule has 0 spiro atoms. The van der Waals surface area contributed by atoms with Gasteiger partial charge in [0.15, 0.2) is 0 Å². The van der Waals surface area contributed by atoms with Crippen molar-refractivity contribution in [3.05, 3.63) is 23.8 Å². The van der Waals surface area contributed by atoms with Gasteiger partial charge in [0.1, 0.15) is 5.75 Å². The van der Waals surface area contributed by atoms with Crippen molar-refractivity contribution >= 4 is 15.7 Å². The molecule has 0 unspecified atom stereocenters. The molecule has 0 radical (unpaired) electrons. The van der Waals surface area contributed by atoms with Crippen molar-refractivity contribution in [2.75, 3.05) is 4.72 Å². The van der Waals surface area contributed by atoms with Gasteiger partial charge in [-0.25, -0.2) is 8.42 Å². The SMILES string of the molecule is Cc1cc(O)ccc1NS(=O)(=O)C1CC1. The summed E-state index contributed by atoms with van der Waals surface area (Å²) in [7, 11) is -3.21. The summed E-state index contributed by atoms with van der Waals surface area (Å²) in [5.74, 6) is 0.141. The van der Waals surface area contributed by atoms with Crippen molar-refractivity contribution < 1.29 is 13.5 Å². The lowest BCUT2D eigenvalue weighted by molar-refractivity contribution is 0.475. The van der Waals surface area contributed by atoms with E-state index in [1.165, 1.54) is 12.1 Å². The number of aryl methyl sites for hydroxylation is 1. The number of sulfonamides is 1. The number of rotatable bonds is 3. The van der Waals surface area contributed by atoms with Crippen LogP contribution in [-0.2, 0) is 10.0 Å². The maximum atomic E-state index is 11.6. The van der Waals surface area contributed by atoms with Crippen LogP contribution >= 0.6 is 0 Å². The molecule has 0 saturated heterocycles. The molecule has 4 nitrogen and oxygen atoms in total. The van der Waals surface area contributed by atoms with Crippen LogP contribution in [0.3, 0.4) is 0 Å². The molecule has 1 aliphatic rings. The molecule has 0 heterocycles. The molecule has 0 atom stereocenters. The van der Waals surface area contributed by atoms with E-state index in [1.807, 2.05) is 0 Å². The van der Waals surface area contributed by atoms with Gasteiger partial charge < -0.3 is 5.11 Å². The van der Waals surface area contributed by atoms with Crippen LogP contribution in [0.2, 0.25) is 0 Å². The fraction of sp³-hybridized carbons (Fsp3) is 0.400. The summed E-state index contributed by atoms with van der Waals surface area (Å²) in [5, 5.41) is 8.95. The van der Waals surface area contributed by atoms with E-state index in [9.17, 15) is 13.5 Å². The van der Waals surface area contributed by atoms with Gasteiger partial charge in [-0.1, -0.05) is 0 Å². The van der Waals surface area contributed by atoms with Gasteiger partial charge in [0.25, 0.3) is 0 Å². The van der Waals surface area contributed by atoms with Crippen LogP contribution in [0.15, 0.2) is 18.2 Å². The number of hydrogen-bond donors (Lipinski definition) is 2. The zero-order chi connectivity index (χ0) is 11.1. The molecule has 1 saturated carbocycles. The molecule has 1 aromatic rings. The van der Waals surface area contributed by atoms with E-state index in [1.54, 1.807) is 13.0 Å². The Kier molecular flexibility index (Phi) is 2.34. The van der Waals surface area contributed by atoms with E-state index < -0.39 is 10.0 Å². The van der Waals surface area contributed by atoms with Gasteiger partial charge in [-0.2, -0.15) is 0 Å². The molecule has 15 heavy (non-hydrogen) atoms. The fourth-order valence-corrected chi connectivity index (χ4v) is 2.84. The zero-order valence-corrected chi connectivity index (χ0v) is 9.21. The monoisotopic (exact) mass is 227 g/mol. The molecule has 1 aromatic carbocycles. The lowest BCUT2D eigenvalue weighted by atomic mass is 10.2. The van der Waals surface area contributed by atoms with Crippen molar-refractivity contribution in [2.24, 2.45) is 0 Å². The maximum absolute atomic E-state index is 11.6. The van der Waals surface area contributed by atoms with Crippen LogP contribution in [0.1, 0.15) is 18.4 Å². The molecule has 1 aliphatic carbocycles. The summed E-state index contributed by atoms with van der Waals surface area (Å²) in [6.07, 6.45) is 1.49. The lowest BCUT2D eigenvalue weighted by Crippen LogP contribution is -2.17. The Bertz CT molecular complexity index is 477. The highest BCUT2D eigenvalue weighted by Gasteiger charge is 2.35. The third-order valence-electron chi connectivity index (χ3n) is 2.43. The van der Waals surface area contributed by atoms with E-state index in [0.717, 1.165) is 18.4 Å². The summed E-state index contributed by atoms with van der Waals surface area (Å²) < 4.78 is 25.8. The summed E-state index contributed by atoms with van der Waals surface area (Å²) >= 11 is 0. The molecule has 5 heteroatoms. The number of anilines is 1. The third-order valence-corrected chi connectivity index (χ3v) is 4.28. The highest BCUT2D eigenvalue weighted by molar-refractivity contribution is 7.93. The van der Waals surface area contributed by atoms with Crippen molar-refractivity contribution in [1.29, 1.82) is 0 Å². The summed E-state index contributed by atoms with van der Waals surface area (Å²) in [4.78, 5) is 0. The molecule has 0 aromatic heterocycles. The lowest BCUT2D eigenvalue weighted by Gasteiger charge is -2.09. The minimum atomic E-state index is -3.21. The maximum Gasteiger partial charge on any atom is 0.235 e. The molecule has 2 rings (SSSR count). The van der Waals surface area contributed by atoms with Gasteiger partial charge in [0, 0.05) is 0 Å². The Hall–Kier alpha value is -1.23. The van der Waals surface area contributed by atoms with E-state index in [0.29, 0.717) is 5.69 Å². The summed E-state index contributed by atoms with van der Waals surface area (Å²) in [6, 6.07) is 4.58. The van der Waals surface area contributed by atoms with Gasteiger partial charge in [-0.05, 0) is 43.5 Å². The predicted molar refractivity (Wildman–Crippen MR) is 58.4 cm³/mol. The summed E-state index contributed by atoms with van der Waals surface area (Å²) in [5.41, 5.74) is 1.26. The van der Waals surface area contributed by atoms with Gasteiger partial charge in [-0.15, -0.1) is 0 Å². The Balaban J connectivity index is 2.24. The van der Waals surface area contributed by atoms with E-state index in [-0.39, 0.29) is 11.0 Å². The highest BCUT2D eigenvalue weighted by Crippen LogP contribution is 2.31. The van der Waals surface area contributed by atoms with Crippen LogP contribution in [0, 0.1) is 6.92 Å². The van der Waals surface area contributed by atoms with Crippen LogP contribution in [0.25, 0.3) is 0 Å². The first-order chi connectivity index (χ1) is 6.99. The van der Waals surface area contributed by atoms with E-state index in [4.69, 9.17) is 0 Å². The van der Waals surface area contributed by atoms with Crippen molar-refractivity contribution in [1.82, 2.24) is 0 Å². The smallest absolute Gasteiger partial charge is 0.235 e. The minimum Gasteiger partial charge on any atom is -0.508 e. The predicted octanol–water partition coefficient (Wildman–Crippen LogP) is 1.60. The van der Waals surface area contributed by atoms with Gasteiger partial charge in [0.2, 0.25) is 10.0 Å². The first-order valence-corrected chi connectivity index (χ1v) is 6.35. The van der Waals surface area contributed by atoms with Crippen LogP contribution in [0.5, 0.6) is 5.75 Å². The second-order valence-corrected chi connectivity index (χ2v) is 5.81.